The van der Waals surface area contributed by atoms with Crippen LogP contribution in [-0.2, 0) is 13.2 Å². The van der Waals surface area contributed by atoms with Gasteiger partial charge in [-0.05, 0) is 0 Å². The van der Waals surface area contributed by atoms with Crippen molar-refractivity contribution in [2.75, 3.05) is 0 Å². The Morgan fingerprint density at radius 1 is 0.722 bits per heavy atom. The molecule has 0 aromatic heterocycles. The summed E-state index contributed by atoms with van der Waals surface area (Å²) in [5.74, 6) is 0. The summed E-state index contributed by atoms with van der Waals surface area (Å²) in [6.45, 7) is 0.181. The van der Waals surface area contributed by atoms with Gasteiger partial charge in [-0.25, -0.2) is 0 Å². The molecule has 0 amide bonds. The van der Waals surface area contributed by atoms with Crippen LogP contribution >= 0.6 is 12.2 Å². The summed E-state index contributed by atoms with van der Waals surface area (Å²) in [4.78, 5) is 0. The van der Waals surface area contributed by atoms with E-state index in [1.807, 2.05) is 24.3 Å². The van der Waals surface area contributed by atoms with Gasteiger partial charge in [-0.1, -0.05) is 0 Å². The molecule has 0 unspecified atom stereocenters. The molecule has 0 heterocycles. The molecule has 0 aliphatic heterocycles. The van der Waals surface area contributed by atoms with E-state index < -0.39 is 19.4 Å². The van der Waals surface area contributed by atoms with E-state index in [2.05, 4.69) is 36.5 Å². The summed E-state index contributed by atoms with van der Waals surface area (Å²) in [5.41, 5.74) is 1.89. The van der Waals surface area contributed by atoms with Crippen LogP contribution in [0.2, 0.25) is 0 Å². The molecular weight excluding hydrogens is 489 g/mol. The van der Waals surface area contributed by atoms with Crippen molar-refractivity contribution in [3.8, 4) is 0 Å². The van der Waals surface area contributed by atoms with Crippen molar-refractivity contribution < 1.29 is 10.2 Å². The number of hydrogen-bond acceptors (Lipinski definition) is 2. The summed E-state index contributed by atoms with van der Waals surface area (Å²) < 4.78 is 2.69. The molecular formula is C14H14BiBrO2. The Kier molecular flexibility index (Phi) is 5.31. The van der Waals surface area contributed by atoms with E-state index in [1.165, 1.54) is 6.54 Å². The molecule has 0 atom stereocenters. The van der Waals surface area contributed by atoms with Crippen LogP contribution < -0.4 is 6.54 Å². The summed E-state index contributed by atoms with van der Waals surface area (Å²) in [6, 6.07) is 16.3. The van der Waals surface area contributed by atoms with Crippen LogP contribution in [0.1, 0.15) is 11.1 Å². The fourth-order valence-corrected chi connectivity index (χ4v) is 10.1. The molecule has 0 fully saturated rings. The molecule has 4 heteroatoms. The van der Waals surface area contributed by atoms with Gasteiger partial charge in [0.1, 0.15) is 0 Å². The number of hydrogen-bond donors (Lipinski definition) is 2. The second-order valence-corrected chi connectivity index (χ2v) is 16.4. The topological polar surface area (TPSA) is 40.5 Å². The normalized spacial score (nSPS) is 10.9. The second kappa shape index (κ2) is 6.76. The molecule has 18 heavy (non-hydrogen) atoms. The van der Waals surface area contributed by atoms with Gasteiger partial charge in [0.25, 0.3) is 0 Å². The van der Waals surface area contributed by atoms with Gasteiger partial charge in [0.15, 0.2) is 0 Å². The number of benzene rings is 2. The SMILES string of the molecule is OCc1cc[c]([Bi]([Br])[c]2ccc(CO)cc2)cc1. The third-order valence-electron chi connectivity index (χ3n) is 2.69. The van der Waals surface area contributed by atoms with Crippen LogP contribution in [0.3, 0.4) is 0 Å². The van der Waals surface area contributed by atoms with Gasteiger partial charge in [0.2, 0.25) is 0 Å². The first kappa shape index (κ1) is 14.1. The second-order valence-electron chi connectivity index (χ2n) is 3.93. The van der Waals surface area contributed by atoms with Gasteiger partial charge in [-0.15, -0.1) is 0 Å². The molecule has 2 N–H and O–H groups in total. The van der Waals surface area contributed by atoms with Crippen LogP contribution in [0.5, 0.6) is 0 Å². The molecule has 0 saturated heterocycles. The third-order valence-corrected chi connectivity index (χ3v) is 15.7. The van der Waals surface area contributed by atoms with E-state index in [0.717, 1.165) is 11.1 Å². The molecule has 0 aliphatic rings. The van der Waals surface area contributed by atoms with Crippen molar-refractivity contribution in [2.24, 2.45) is 0 Å². The number of halogens is 1. The molecule has 0 spiro atoms. The molecule has 0 saturated carbocycles. The van der Waals surface area contributed by atoms with E-state index in [-0.39, 0.29) is 13.2 Å². The van der Waals surface area contributed by atoms with Gasteiger partial charge in [-0.3, -0.25) is 0 Å². The van der Waals surface area contributed by atoms with Crippen molar-refractivity contribution in [1.29, 1.82) is 0 Å². The summed E-state index contributed by atoms with van der Waals surface area (Å²) >= 11 is 1.85. The van der Waals surface area contributed by atoms with Crippen LogP contribution in [0.4, 0.5) is 0 Å². The van der Waals surface area contributed by atoms with Crippen LogP contribution in [0.15, 0.2) is 48.5 Å². The average molecular weight is 503 g/mol. The quantitative estimate of drug-likeness (QED) is 0.616. The monoisotopic (exact) mass is 502 g/mol. The Morgan fingerprint density at radius 3 is 1.33 bits per heavy atom. The summed E-state index contributed by atoms with van der Waals surface area (Å²) in [5, 5.41) is 18.0. The fraction of sp³-hybridized carbons (Fsp3) is 0.143. The molecule has 94 valence electrons. The maximum absolute atomic E-state index is 9.02. The van der Waals surface area contributed by atoms with Gasteiger partial charge in [0, 0.05) is 0 Å². The van der Waals surface area contributed by atoms with Crippen molar-refractivity contribution in [3.63, 3.8) is 0 Å². The molecule has 0 aliphatic carbocycles. The maximum atomic E-state index is 9.02. The van der Waals surface area contributed by atoms with E-state index >= 15 is 0 Å². The molecule has 0 radical (unpaired) electrons. The zero-order valence-corrected chi connectivity index (χ0v) is 14.8. The first-order valence-corrected chi connectivity index (χ1v) is 16.6. The van der Waals surface area contributed by atoms with Crippen LogP contribution in [-0.4, -0.2) is 29.6 Å². The van der Waals surface area contributed by atoms with Crippen molar-refractivity contribution >= 4 is 38.2 Å². The Balaban J connectivity index is 2.20. The molecule has 0 bridgehead atoms. The molecule has 2 nitrogen and oxygen atoms in total. The van der Waals surface area contributed by atoms with Gasteiger partial charge < -0.3 is 0 Å². The summed E-state index contributed by atoms with van der Waals surface area (Å²) in [6.07, 6.45) is 0. The van der Waals surface area contributed by atoms with E-state index in [4.69, 9.17) is 10.2 Å². The van der Waals surface area contributed by atoms with Gasteiger partial charge >= 0.3 is 121 Å². The predicted octanol–water partition coefficient (Wildman–Crippen LogP) is 1.17. The Bertz CT molecular complexity index is 449. The minimum absolute atomic E-state index is 0.0905. The van der Waals surface area contributed by atoms with Crippen LogP contribution in [0, 0.1) is 0 Å². The zero-order chi connectivity index (χ0) is 13.0. The average Bonchev–Trinajstić information content (AvgIpc) is 2.47. The molecule has 2 rings (SSSR count). The number of aliphatic hydroxyl groups is 2. The minimum atomic E-state index is -2.01. The van der Waals surface area contributed by atoms with Gasteiger partial charge in [0.05, 0.1) is 0 Å². The van der Waals surface area contributed by atoms with Crippen LogP contribution in [0.25, 0.3) is 0 Å². The third kappa shape index (κ3) is 3.39. The first-order chi connectivity index (χ1) is 8.74. The Hall–Kier alpha value is -0.277. The number of aliphatic hydroxyl groups excluding tert-OH is 2. The van der Waals surface area contributed by atoms with Gasteiger partial charge in [-0.2, -0.15) is 0 Å². The Morgan fingerprint density at radius 2 is 1.06 bits per heavy atom. The van der Waals surface area contributed by atoms with Crippen molar-refractivity contribution in [2.45, 2.75) is 13.2 Å². The standard InChI is InChI=1S/2C7H7O.Bi.BrH/c2*8-6-7-4-2-1-3-5-7;;/h2*2-5,8H,6H2;;1H/q;;+1;/p-1. The fourth-order valence-electron chi connectivity index (χ4n) is 1.61. The first-order valence-electron chi connectivity index (χ1n) is 5.60. The van der Waals surface area contributed by atoms with E-state index in [1.54, 1.807) is 0 Å². The van der Waals surface area contributed by atoms with Crippen molar-refractivity contribution in [3.05, 3.63) is 59.7 Å². The summed E-state index contributed by atoms with van der Waals surface area (Å²) in [7, 11) is 0. The molecule has 2 aromatic carbocycles. The van der Waals surface area contributed by atoms with E-state index in [0.29, 0.717) is 0 Å². The zero-order valence-electron chi connectivity index (χ0n) is 9.75. The molecule has 2 aromatic rings. The predicted molar refractivity (Wildman–Crippen MR) is 78.7 cm³/mol. The van der Waals surface area contributed by atoms with E-state index in [9.17, 15) is 0 Å². The van der Waals surface area contributed by atoms with Crippen molar-refractivity contribution in [1.82, 2.24) is 0 Å². The number of rotatable bonds is 4. The Labute approximate surface area is 120 Å².